The van der Waals surface area contributed by atoms with E-state index in [-0.39, 0.29) is 0 Å². The predicted molar refractivity (Wildman–Crippen MR) is 68.4 cm³/mol. The molecule has 0 saturated heterocycles. The minimum atomic E-state index is -0.932. The number of aliphatic hydroxyl groups is 1. The number of hydrogen-bond acceptors (Lipinski definition) is 3. The number of pyridine rings is 1. The molecule has 0 fully saturated rings. The number of nitrogens with zero attached hydrogens (tertiary/aromatic N) is 1. The van der Waals surface area contributed by atoms with Crippen LogP contribution in [0.25, 0.3) is 0 Å². The molecule has 1 heterocycles. The molecule has 1 atom stereocenters. The Bertz CT molecular complexity index is 495. The number of rotatable bonds is 3. The number of nitrogens with two attached hydrogens (primary N) is 1. The first-order valence-corrected chi connectivity index (χ1v) is 5.56. The Balaban J connectivity index is 2.27. The topological polar surface area (TPSA) is 59.1 Å². The molecule has 0 saturated carbocycles. The molecule has 3 N–H and O–H groups in total. The van der Waals surface area contributed by atoms with E-state index in [0.29, 0.717) is 12.1 Å². The van der Waals surface area contributed by atoms with Gasteiger partial charge in [0.15, 0.2) is 0 Å². The molecule has 0 bridgehead atoms. The predicted octanol–water partition coefficient (Wildman–Crippen LogP) is 2.11. The largest absolute Gasteiger partial charge is 0.398 e. The third-order valence-corrected chi connectivity index (χ3v) is 2.87. The van der Waals surface area contributed by atoms with Crippen LogP contribution in [-0.2, 0) is 12.0 Å². The second kappa shape index (κ2) is 4.55. The lowest BCUT2D eigenvalue weighted by Gasteiger charge is -2.24. The molecule has 88 valence electrons. The van der Waals surface area contributed by atoms with Crippen molar-refractivity contribution >= 4 is 5.69 Å². The molecule has 0 aliphatic rings. The molecule has 0 amide bonds. The van der Waals surface area contributed by atoms with Gasteiger partial charge >= 0.3 is 0 Å². The summed E-state index contributed by atoms with van der Waals surface area (Å²) in [6.07, 6.45) is 3.81. The van der Waals surface area contributed by atoms with Crippen LogP contribution >= 0.6 is 0 Å². The molecule has 0 aliphatic carbocycles. The van der Waals surface area contributed by atoms with E-state index in [0.717, 1.165) is 11.1 Å². The molecule has 1 aromatic carbocycles. The highest BCUT2D eigenvalue weighted by molar-refractivity contribution is 5.45. The maximum atomic E-state index is 10.5. The van der Waals surface area contributed by atoms with Crippen LogP contribution < -0.4 is 5.73 Å². The van der Waals surface area contributed by atoms with Crippen molar-refractivity contribution in [2.75, 3.05) is 5.73 Å². The zero-order valence-electron chi connectivity index (χ0n) is 9.80. The van der Waals surface area contributed by atoms with Gasteiger partial charge in [0.2, 0.25) is 0 Å². The Morgan fingerprint density at radius 1 is 1.24 bits per heavy atom. The van der Waals surface area contributed by atoms with Gasteiger partial charge in [0.25, 0.3) is 0 Å². The Kier molecular flexibility index (Phi) is 3.11. The molecule has 1 unspecified atom stereocenters. The van der Waals surface area contributed by atoms with Crippen LogP contribution in [0.5, 0.6) is 0 Å². The smallest absolute Gasteiger partial charge is 0.0910 e. The summed E-state index contributed by atoms with van der Waals surface area (Å²) in [5, 5.41) is 10.5. The quantitative estimate of drug-likeness (QED) is 0.846. The Morgan fingerprint density at radius 3 is 2.59 bits per heavy atom. The van der Waals surface area contributed by atoms with Crippen molar-refractivity contribution in [2.45, 2.75) is 18.9 Å². The van der Waals surface area contributed by atoms with Gasteiger partial charge in [-0.25, -0.2) is 0 Å². The second-order valence-electron chi connectivity index (χ2n) is 4.39. The second-order valence-corrected chi connectivity index (χ2v) is 4.39. The highest BCUT2D eigenvalue weighted by atomic mass is 16.3. The van der Waals surface area contributed by atoms with Gasteiger partial charge < -0.3 is 10.8 Å². The third kappa shape index (κ3) is 2.63. The van der Waals surface area contributed by atoms with Gasteiger partial charge in [-0.15, -0.1) is 0 Å². The van der Waals surface area contributed by atoms with Crippen LogP contribution in [0.15, 0.2) is 48.8 Å². The van der Waals surface area contributed by atoms with Gasteiger partial charge in [-0.05, 0) is 24.1 Å². The maximum absolute atomic E-state index is 10.5. The van der Waals surface area contributed by atoms with Crippen LogP contribution in [0.3, 0.4) is 0 Å². The first-order chi connectivity index (χ1) is 8.09. The summed E-state index contributed by atoms with van der Waals surface area (Å²) in [4.78, 5) is 4.03. The molecule has 3 nitrogen and oxygen atoms in total. The normalized spacial score (nSPS) is 14.2. The van der Waals surface area contributed by atoms with E-state index in [4.69, 9.17) is 5.73 Å². The van der Waals surface area contributed by atoms with E-state index in [1.165, 1.54) is 0 Å². The van der Waals surface area contributed by atoms with E-state index >= 15 is 0 Å². The van der Waals surface area contributed by atoms with Crippen LogP contribution in [-0.4, -0.2) is 10.1 Å². The fourth-order valence-corrected chi connectivity index (χ4v) is 1.86. The van der Waals surface area contributed by atoms with E-state index in [1.807, 2.05) is 30.3 Å². The van der Waals surface area contributed by atoms with Crippen LogP contribution in [0.1, 0.15) is 18.1 Å². The van der Waals surface area contributed by atoms with Crippen molar-refractivity contribution in [3.8, 4) is 0 Å². The summed E-state index contributed by atoms with van der Waals surface area (Å²) in [5.41, 5.74) is 7.33. The summed E-state index contributed by atoms with van der Waals surface area (Å²) >= 11 is 0. The minimum absolute atomic E-state index is 0.455. The zero-order valence-corrected chi connectivity index (χ0v) is 9.80. The van der Waals surface area contributed by atoms with Gasteiger partial charge in [-0.3, -0.25) is 4.98 Å². The number of benzene rings is 1. The van der Waals surface area contributed by atoms with E-state index in [1.54, 1.807) is 25.4 Å². The van der Waals surface area contributed by atoms with Gasteiger partial charge in [-0.2, -0.15) is 0 Å². The molecule has 0 aliphatic heterocycles. The maximum Gasteiger partial charge on any atom is 0.0910 e. The van der Waals surface area contributed by atoms with Crippen molar-refractivity contribution in [3.05, 3.63) is 59.9 Å². The molecule has 0 spiro atoms. The number of hydrogen-bond donors (Lipinski definition) is 2. The van der Waals surface area contributed by atoms with E-state index in [9.17, 15) is 5.11 Å². The number of anilines is 1. The molecular formula is C14H16N2O. The molecular weight excluding hydrogens is 212 g/mol. The van der Waals surface area contributed by atoms with E-state index in [2.05, 4.69) is 4.98 Å². The van der Waals surface area contributed by atoms with Crippen LogP contribution in [0.2, 0.25) is 0 Å². The highest BCUT2D eigenvalue weighted by Crippen LogP contribution is 2.26. The summed E-state index contributed by atoms with van der Waals surface area (Å²) < 4.78 is 0. The Hall–Kier alpha value is -1.87. The Morgan fingerprint density at radius 2 is 1.94 bits per heavy atom. The van der Waals surface area contributed by atoms with Crippen molar-refractivity contribution < 1.29 is 5.11 Å². The molecule has 2 rings (SSSR count). The molecule has 3 heteroatoms. The van der Waals surface area contributed by atoms with Gasteiger partial charge in [-0.1, -0.05) is 30.3 Å². The average molecular weight is 228 g/mol. The molecule has 1 aromatic heterocycles. The highest BCUT2D eigenvalue weighted by Gasteiger charge is 2.24. The van der Waals surface area contributed by atoms with E-state index < -0.39 is 5.60 Å². The standard InChI is InChI=1S/C14H16N2O/c1-14(17,12-5-3-2-4-6-12)9-11-10-16-8-7-13(11)15/h2-8,10,17H,9H2,1H3,(H2,15,16). The zero-order chi connectivity index (χ0) is 12.3. The Labute approximate surface area is 101 Å². The SMILES string of the molecule is CC(O)(Cc1cnccc1N)c1ccccc1. The number of nitrogen functional groups attached to an aromatic ring is 1. The first kappa shape index (κ1) is 11.6. The fraction of sp³-hybridized carbons (Fsp3) is 0.214. The summed E-state index contributed by atoms with van der Waals surface area (Å²) in [5.74, 6) is 0. The van der Waals surface area contributed by atoms with Gasteiger partial charge in [0, 0.05) is 24.5 Å². The molecule has 0 radical (unpaired) electrons. The lowest BCUT2D eigenvalue weighted by atomic mass is 9.89. The lowest BCUT2D eigenvalue weighted by Crippen LogP contribution is -2.24. The minimum Gasteiger partial charge on any atom is -0.398 e. The first-order valence-electron chi connectivity index (χ1n) is 5.56. The summed E-state index contributed by atoms with van der Waals surface area (Å²) in [6, 6.07) is 11.3. The van der Waals surface area contributed by atoms with Crippen molar-refractivity contribution in [1.82, 2.24) is 4.98 Å². The molecule has 17 heavy (non-hydrogen) atoms. The summed E-state index contributed by atoms with van der Waals surface area (Å²) in [6.45, 7) is 1.79. The average Bonchev–Trinajstić information content (AvgIpc) is 2.33. The monoisotopic (exact) mass is 228 g/mol. The fourth-order valence-electron chi connectivity index (χ4n) is 1.86. The lowest BCUT2D eigenvalue weighted by molar-refractivity contribution is 0.0577. The van der Waals surface area contributed by atoms with Crippen LogP contribution in [0, 0.1) is 0 Å². The summed E-state index contributed by atoms with van der Waals surface area (Å²) in [7, 11) is 0. The number of aromatic nitrogens is 1. The van der Waals surface area contributed by atoms with Gasteiger partial charge in [0.05, 0.1) is 5.60 Å². The third-order valence-electron chi connectivity index (χ3n) is 2.87. The van der Waals surface area contributed by atoms with Crippen molar-refractivity contribution in [1.29, 1.82) is 0 Å². The van der Waals surface area contributed by atoms with Crippen molar-refractivity contribution in [2.24, 2.45) is 0 Å². The van der Waals surface area contributed by atoms with Gasteiger partial charge in [0.1, 0.15) is 0 Å². The van der Waals surface area contributed by atoms with Crippen molar-refractivity contribution in [3.63, 3.8) is 0 Å². The molecule has 2 aromatic rings. The van der Waals surface area contributed by atoms with Crippen LogP contribution in [0.4, 0.5) is 5.69 Å².